The average molecular weight is 304 g/mol. The maximum absolute atomic E-state index is 11.9. The molecule has 0 aromatic heterocycles. The van der Waals surface area contributed by atoms with Crippen LogP contribution in [0.25, 0.3) is 0 Å². The summed E-state index contributed by atoms with van der Waals surface area (Å²) in [7, 11) is 0. The molecule has 4 nitrogen and oxygen atoms in total. The summed E-state index contributed by atoms with van der Waals surface area (Å²) in [5.74, 6) is 0.0584. The van der Waals surface area contributed by atoms with Crippen LogP contribution in [0.1, 0.15) is 33.1 Å². The first-order valence-electron chi connectivity index (χ1n) is 6.96. The second-order valence-electron chi connectivity index (χ2n) is 4.56. The van der Waals surface area contributed by atoms with Gasteiger partial charge in [-0.1, -0.05) is 24.0 Å². The topological polar surface area (TPSA) is 41.6 Å². The second kappa shape index (κ2) is 9.55. The largest absolute Gasteiger partial charge is 0.382 e. The number of hydrogen-bond donors (Lipinski definition) is 1. The van der Waals surface area contributed by atoms with Crippen LogP contribution in [-0.2, 0) is 9.53 Å². The summed E-state index contributed by atoms with van der Waals surface area (Å²) in [5, 5.41) is 2.79. The Labute approximate surface area is 125 Å². The lowest BCUT2D eigenvalue weighted by Crippen LogP contribution is -2.34. The monoisotopic (exact) mass is 304 g/mol. The van der Waals surface area contributed by atoms with Crippen LogP contribution in [0.15, 0.2) is 0 Å². The molecule has 1 fully saturated rings. The van der Waals surface area contributed by atoms with E-state index in [0.717, 1.165) is 30.4 Å². The SMILES string of the molecule is CCOCCCNC(=O)C(C)SC(=S)N1CCCC1. The number of hydrogen-bond acceptors (Lipinski definition) is 4. The number of nitrogens with one attached hydrogen (secondary N) is 1. The first-order chi connectivity index (χ1) is 9.15. The highest BCUT2D eigenvalue weighted by Crippen LogP contribution is 2.20. The first-order valence-corrected chi connectivity index (χ1v) is 8.25. The lowest BCUT2D eigenvalue weighted by Gasteiger charge is -2.20. The van der Waals surface area contributed by atoms with Crippen molar-refractivity contribution in [2.45, 2.75) is 38.4 Å². The molecule has 0 spiro atoms. The van der Waals surface area contributed by atoms with Crippen molar-refractivity contribution < 1.29 is 9.53 Å². The Balaban J connectivity index is 2.15. The zero-order valence-electron chi connectivity index (χ0n) is 11.8. The van der Waals surface area contributed by atoms with Crippen molar-refractivity contribution in [2.24, 2.45) is 0 Å². The minimum Gasteiger partial charge on any atom is -0.382 e. The fourth-order valence-corrected chi connectivity index (χ4v) is 3.29. The van der Waals surface area contributed by atoms with E-state index >= 15 is 0 Å². The second-order valence-corrected chi connectivity index (χ2v) is 6.54. The number of nitrogens with zero attached hydrogens (tertiary/aromatic N) is 1. The van der Waals surface area contributed by atoms with Crippen molar-refractivity contribution in [3.8, 4) is 0 Å². The molecule has 19 heavy (non-hydrogen) atoms. The van der Waals surface area contributed by atoms with Gasteiger partial charge < -0.3 is 15.0 Å². The quantitative estimate of drug-likeness (QED) is 0.576. The fourth-order valence-electron chi connectivity index (χ4n) is 1.85. The molecular weight excluding hydrogens is 280 g/mol. The van der Waals surface area contributed by atoms with E-state index in [9.17, 15) is 4.79 Å². The smallest absolute Gasteiger partial charge is 0.233 e. The molecule has 1 heterocycles. The lowest BCUT2D eigenvalue weighted by atomic mass is 10.4. The molecule has 1 amide bonds. The van der Waals surface area contributed by atoms with Crippen molar-refractivity contribution in [3.05, 3.63) is 0 Å². The van der Waals surface area contributed by atoms with E-state index in [1.54, 1.807) is 0 Å². The van der Waals surface area contributed by atoms with E-state index in [2.05, 4.69) is 10.2 Å². The van der Waals surface area contributed by atoms with E-state index < -0.39 is 0 Å². The summed E-state index contributed by atoms with van der Waals surface area (Å²) < 4.78 is 6.08. The van der Waals surface area contributed by atoms with Crippen LogP contribution in [0.5, 0.6) is 0 Å². The molecule has 0 aromatic carbocycles. The number of likely N-dealkylation sites (tertiary alicyclic amines) is 1. The maximum atomic E-state index is 11.9. The van der Waals surface area contributed by atoms with Gasteiger partial charge in [0.05, 0.1) is 5.25 Å². The Kier molecular flexibility index (Phi) is 8.41. The van der Waals surface area contributed by atoms with Crippen LogP contribution in [0.2, 0.25) is 0 Å². The van der Waals surface area contributed by atoms with Crippen LogP contribution in [0, 0.1) is 0 Å². The zero-order valence-corrected chi connectivity index (χ0v) is 13.4. The van der Waals surface area contributed by atoms with E-state index in [4.69, 9.17) is 17.0 Å². The van der Waals surface area contributed by atoms with Crippen LogP contribution in [-0.4, -0.2) is 53.2 Å². The molecule has 0 aliphatic carbocycles. The summed E-state index contributed by atoms with van der Waals surface area (Å²) in [6, 6.07) is 0. The molecule has 1 rings (SSSR count). The fraction of sp³-hybridized carbons (Fsp3) is 0.846. The number of thioether (sulfide) groups is 1. The van der Waals surface area contributed by atoms with Gasteiger partial charge in [-0.15, -0.1) is 0 Å². The van der Waals surface area contributed by atoms with Gasteiger partial charge in [0.15, 0.2) is 0 Å². The zero-order chi connectivity index (χ0) is 14.1. The third kappa shape index (κ3) is 6.58. The van der Waals surface area contributed by atoms with Gasteiger partial charge in [-0.25, -0.2) is 0 Å². The first kappa shape index (κ1) is 16.7. The summed E-state index contributed by atoms with van der Waals surface area (Å²) in [5.41, 5.74) is 0. The highest BCUT2D eigenvalue weighted by Gasteiger charge is 2.20. The van der Waals surface area contributed by atoms with Crippen molar-refractivity contribution in [2.75, 3.05) is 32.8 Å². The third-order valence-electron chi connectivity index (χ3n) is 2.98. The minimum atomic E-state index is -0.125. The molecule has 110 valence electrons. The van der Waals surface area contributed by atoms with Crippen LogP contribution < -0.4 is 5.32 Å². The number of carbonyl (C=O) groups is 1. The van der Waals surface area contributed by atoms with Gasteiger partial charge in [0.25, 0.3) is 0 Å². The van der Waals surface area contributed by atoms with Crippen molar-refractivity contribution >= 4 is 34.2 Å². The Bertz CT molecular complexity index is 294. The van der Waals surface area contributed by atoms with Crippen LogP contribution >= 0.6 is 24.0 Å². The molecular formula is C13H24N2O2S2. The van der Waals surface area contributed by atoms with E-state index in [0.29, 0.717) is 13.2 Å². The lowest BCUT2D eigenvalue weighted by molar-refractivity contribution is -0.120. The molecule has 0 saturated carbocycles. The van der Waals surface area contributed by atoms with Gasteiger partial charge in [0, 0.05) is 32.8 Å². The highest BCUT2D eigenvalue weighted by molar-refractivity contribution is 8.23. The third-order valence-corrected chi connectivity index (χ3v) is 4.55. The number of carbonyl (C=O) groups excluding carboxylic acids is 1. The van der Waals surface area contributed by atoms with Crippen LogP contribution in [0.4, 0.5) is 0 Å². The maximum Gasteiger partial charge on any atom is 0.233 e. The molecule has 1 saturated heterocycles. The van der Waals surface area contributed by atoms with Gasteiger partial charge in [0.2, 0.25) is 5.91 Å². The van der Waals surface area contributed by atoms with Gasteiger partial charge in [-0.2, -0.15) is 0 Å². The number of thiocarbonyl (C=S) groups is 1. The van der Waals surface area contributed by atoms with E-state index in [1.807, 2.05) is 13.8 Å². The summed E-state index contributed by atoms with van der Waals surface area (Å²) in [6.07, 6.45) is 3.27. The summed E-state index contributed by atoms with van der Waals surface area (Å²) in [6.45, 7) is 8.04. The summed E-state index contributed by atoms with van der Waals surface area (Å²) >= 11 is 6.86. The molecule has 1 aliphatic rings. The van der Waals surface area contributed by atoms with E-state index in [-0.39, 0.29) is 11.2 Å². The van der Waals surface area contributed by atoms with Crippen LogP contribution in [0.3, 0.4) is 0 Å². The average Bonchev–Trinajstić information content (AvgIpc) is 2.92. The molecule has 0 radical (unpaired) electrons. The molecule has 6 heteroatoms. The standard InChI is InChI=1S/C13H24N2O2S2/c1-3-17-10-6-7-14-12(16)11(2)19-13(18)15-8-4-5-9-15/h11H,3-10H2,1-2H3,(H,14,16). The highest BCUT2D eigenvalue weighted by atomic mass is 32.2. The number of amides is 1. The molecule has 0 aromatic rings. The minimum absolute atomic E-state index is 0.0584. The number of rotatable bonds is 7. The van der Waals surface area contributed by atoms with Crippen molar-refractivity contribution in [1.29, 1.82) is 0 Å². The number of ether oxygens (including phenoxy) is 1. The molecule has 1 aliphatic heterocycles. The van der Waals surface area contributed by atoms with Crippen molar-refractivity contribution in [1.82, 2.24) is 10.2 Å². The van der Waals surface area contributed by atoms with E-state index in [1.165, 1.54) is 24.6 Å². The normalized spacial score (nSPS) is 16.4. The van der Waals surface area contributed by atoms with Crippen molar-refractivity contribution in [3.63, 3.8) is 0 Å². The Hall–Kier alpha value is -0.330. The Morgan fingerprint density at radius 2 is 2.16 bits per heavy atom. The molecule has 1 N–H and O–H groups in total. The van der Waals surface area contributed by atoms with Gasteiger partial charge >= 0.3 is 0 Å². The Morgan fingerprint density at radius 3 is 2.79 bits per heavy atom. The molecule has 0 bridgehead atoms. The molecule has 1 unspecified atom stereocenters. The predicted molar refractivity (Wildman–Crippen MR) is 84.6 cm³/mol. The van der Waals surface area contributed by atoms with Gasteiger partial charge in [0.1, 0.15) is 4.32 Å². The van der Waals surface area contributed by atoms with Gasteiger partial charge in [-0.05, 0) is 33.1 Å². The molecule has 1 atom stereocenters. The Morgan fingerprint density at radius 1 is 1.47 bits per heavy atom. The summed E-state index contributed by atoms with van der Waals surface area (Å²) in [4.78, 5) is 14.1. The predicted octanol–water partition coefficient (Wildman–Crippen LogP) is 2.03. The van der Waals surface area contributed by atoms with Gasteiger partial charge in [-0.3, -0.25) is 4.79 Å².